The van der Waals surface area contributed by atoms with Crippen LogP contribution in [0.25, 0.3) is 10.9 Å². The van der Waals surface area contributed by atoms with Gasteiger partial charge in [0.15, 0.2) is 0 Å². The normalized spacial score (nSPS) is 10.9. The van der Waals surface area contributed by atoms with Crippen LogP contribution in [0.3, 0.4) is 0 Å². The molecule has 0 bridgehead atoms. The lowest BCUT2D eigenvalue weighted by Crippen LogP contribution is -1.99. The first-order valence-corrected chi connectivity index (χ1v) is 6.09. The van der Waals surface area contributed by atoms with Crippen molar-refractivity contribution < 1.29 is 18.3 Å². The van der Waals surface area contributed by atoms with Crippen molar-refractivity contribution in [2.75, 3.05) is 7.11 Å². The molecule has 2 heterocycles. The van der Waals surface area contributed by atoms with Crippen molar-refractivity contribution in [2.45, 2.75) is 6.54 Å². The second-order valence-electron chi connectivity index (χ2n) is 4.40. The molecule has 2 aromatic heterocycles. The lowest BCUT2D eigenvalue weighted by molar-refractivity contribution is 0.0563. The van der Waals surface area contributed by atoms with Gasteiger partial charge in [-0.1, -0.05) is 0 Å². The van der Waals surface area contributed by atoms with Crippen LogP contribution < -0.4 is 0 Å². The summed E-state index contributed by atoms with van der Waals surface area (Å²) < 4.78 is 25.0. The molecule has 0 unspecified atom stereocenters. The van der Waals surface area contributed by atoms with Gasteiger partial charge in [0.05, 0.1) is 13.7 Å². The van der Waals surface area contributed by atoms with Crippen molar-refractivity contribution in [3.8, 4) is 0 Å². The summed E-state index contributed by atoms with van der Waals surface area (Å²) >= 11 is 0. The molecule has 0 atom stereocenters. The van der Waals surface area contributed by atoms with Gasteiger partial charge in [0.25, 0.3) is 0 Å². The molecule has 0 spiro atoms. The van der Waals surface area contributed by atoms with E-state index in [4.69, 9.17) is 4.42 Å². The van der Waals surface area contributed by atoms with Crippen LogP contribution in [0, 0.1) is 5.82 Å². The van der Waals surface area contributed by atoms with Gasteiger partial charge in [-0.05, 0) is 36.4 Å². The molecule has 1 aromatic carbocycles. The lowest BCUT2D eigenvalue weighted by Gasteiger charge is -2.03. The molecule has 4 nitrogen and oxygen atoms in total. The van der Waals surface area contributed by atoms with Crippen LogP contribution in [0.2, 0.25) is 0 Å². The van der Waals surface area contributed by atoms with E-state index in [-0.39, 0.29) is 11.6 Å². The number of nitrogens with zero attached hydrogens (tertiary/aromatic N) is 1. The topological polar surface area (TPSA) is 44.4 Å². The SMILES string of the molecule is COC(=O)c1ccc(Cn2ccc3cc(F)ccc32)o1. The highest BCUT2D eigenvalue weighted by Crippen LogP contribution is 2.19. The molecule has 3 aromatic rings. The summed E-state index contributed by atoms with van der Waals surface area (Å²) in [5.74, 6) is 0.0362. The quantitative estimate of drug-likeness (QED) is 0.688. The fourth-order valence-electron chi connectivity index (χ4n) is 2.15. The molecular weight excluding hydrogens is 261 g/mol. The number of carbonyl (C=O) groups excluding carboxylic acids is 1. The van der Waals surface area contributed by atoms with Crippen molar-refractivity contribution in [3.63, 3.8) is 0 Å². The molecule has 3 rings (SSSR count). The number of furan rings is 1. The minimum atomic E-state index is -0.504. The number of carbonyl (C=O) groups is 1. The fraction of sp³-hybridized carbons (Fsp3) is 0.133. The van der Waals surface area contributed by atoms with Crippen LogP contribution in [0.4, 0.5) is 4.39 Å². The van der Waals surface area contributed by atoms with E-state index in [9.17, 15) is 9.18 Å². The number of ether oxygens (including phenoxy) is 1. The predicted molar refractivity (Wildman–Crippen MR) is 71.0 cm³/mol. The van der Waals surface area contributed by atoms with Crippen molar-refractivity contribution in [1.29, 1.82) is 0 Å². The summed E-state index contributed by atoms with van der Waals surface area (Å²) in [5.41, 5.74) is 0.905. The second kappa shape index (κ2) is 4.85. The number of fused-ring (bicyclic) bond motifs is 1. The molecule has 0 amide bonds. The van der Waals surface area contributed by atoms with E-state index in [2.05, 4.69) is 4.74 Å². The Hall–Kier alpha value is -2.56. The van der Waals surface area contributed by atoms with Crippen LogP contribution in [0.5, 0.6) is 0 Å². The van der Waals surface area contributed by atoms with E-state index in [1.807, 2.05) is 16.8 Å². The van der Waals surface area contributed by atoms with Crippen LogP contribution in [-0.2, 0) is 11.3 Å². The van der Waals surface area contributed by atoms with Gasteiger partial charge in [0.2, 0.25) is 5.76 Å². The first kappa shape index (κ1) is 12.5. The number of esters is 1. The zero-order chi connectivity index (χ0) is 14.1. The molecule has 0 fully saturated rings. The number of hydrogen-bond acceptors (Lipinski definition) is 3. The number of halogens is 1. The second-order valence-corrected chi connectivity index (χ2v) is 4.40. The Kier molecular flexibility index (Phi) is 3.02. The molecule has 0 aliphatic heterocycles. The molecular formula is C15H12FNO3. The number of methoxy groups -OCH3 is 1. The van der Waals surface area contributed by atoms with E-state index >= 15 is 0 Å². The number of hydrogen-bond donors (Lipinski definition) is 0. The Morgan fingerprint density at radius 1 is 1.30 bits per heavy atom. The minimum Gasteiger partial charge on any atom is -0.463 e. The Bertz CT molecular complexity index is 772. The highest BCUT2D eigenvalue weighted by molar-refractivity contribution is 5.86. The van der Waals surface area contributed by atoms with E-state index in [0.29, 0.717) is 12.3 Å². The summed E-state index contributed by atoms with van der Waals surface area (Å²) in [7, 11) is 1.30. The Labute approximate surface area is 114 Å². The van der Waals surface area contributed by atoms with Crippen molar-refractivity contribution in [3.05, 3.63) is 59.9 Å². The van der Waals surface area contributed by atoms with Crippen molar-refractivity contribution >= 4 is 16.9 Å². The molecule has 0 saturated heterocycles. The van der Waals surface area contributed by atoms with Gasteiger partial charge >= 0.3 is 5.97 Å². The summed E-state index contributed by atoms with van der Waals surface area (Å²) in [6.07, 6.45) is 1.85. The molecule has 0 N–H and O–H groups in total. The maximum absolute atomic E-state index is 13.1. The number of aromatic nitrogens is 1. The third-order valence-corrected chi connectivity index (χ3v) is 3.11. The van der Waals surface area contributed by atoms with Gasteiger partial charge in [0.1, 0.15) is 11.6 Å². The first-order chi connectivity index (χ1) is 9.67. The zero-order valence-electron chi connectivity index (χ0n) is 10.8. The van der Waals surface area contributed by atoms with Crippen LogP contribution in [0.15, 0.2) is 47.0 Å². The van der Waals surface area contributed by atoms with Crippen molar-refractivity contribution in [2.24, 2.45) is 0 Å². The molecule has 0 aliphatic rings. The zero-order valence-corrected chi connectivity index (χ0v) is 10.8. The maximum atomic E-state index is 13.1. The molecule has 5 heteroatoms. The number of benzene rings is 1. The van der Waals surface area contributed by atoms with Crippen molar-refractivity contribution in [1.82, 2.24) is 4.57 Å². The largest absolute Gasteiger partial charge is 0.463 e. The van der Waals surface area contributed by atoms with Gasteiger partial charge in [-0.2, -0.15) is 0 Å². The summed E-state index contributed by atoms with van der Waals surface area (Å²) in [6.45, 7) is 0.464. The van der Waals surface area contributed by atoms with Crippen LogP contribution in [-0.4, -0.2) is 17.6 Å². The summed E-state index contributed by atoms with van der Waals surface area (Å²) in [5, 5.41) is 0.824. The molecule has 20 heavy (non-hydrogen) atoms. The average molecular weight is 273 g/mol. The number of rotatable bonds is 3. The smallest absolute Gasteiger partial charge is 0.373 e. The highest BCUT2D eigenvalue weighted by Gasteiger charge is 2.12. The predicted octanol–water partition coefficient (Wildman–Crippen LogP) is 3.21. The monoisotopic (exact) mass is 273 g/mol. The van der Waals surface area contributed by atoms with Gasteiger partial charge in [-0.25, -0.2) is 9.18 Å². The summed E-state index contributed by atoms with van der Waals surface area (Å²) in [4.78, 5) is 11.3. The molecule has 0 aliphatic carbocycles. The van der Waals surface area contributed by atoms with Crippen LogP contribution >= 0.6 is 0 Å². The lowest BCUT2D eigenvalue weighted by atomic mass is 10.2. The van der Waals surface area contributed by atoms with Gasteiger partial charge < -0.3 is 13.7 Å². The van der Waals surface area contributed by atoms with Gasteiger partial charge in [0, 0.05) is 17.1 Å². The Morgan fingerprint density at radius 2 is 2.15 bits per heavy atom. The maximum Gasteiger partial charge on any atom is 0.373 e. The van der Waals surface area contributed by atoms with Gasteiger partial charge in [-0.3, -0.25) is 0 Å². The summed E-state index contributed by atoms with van der Waals surface area (Å²) in [6, 6.07) is 9.75. The first-order valence-electron chi connectivity index (χ1n) is 6.09. The molecule has 0 saturated carbocycles. The minimum absolute atomic E-state index is 0.171. The molecule has 0 radical (unpaired) electrons. The van der Waals surface area contributed by atoms with E-state index in [0.717, 1.165) is 10.9 Å². The third kappa shape index (κ3) is 2.18. The van der Waals surface area contributed by atoms with E-state index in [1.165, 1.54) is 19.2 Å². The fourth-order valence-corrected chi connectivity index (χ4v) is 2.15. The van der Waals surface area contributed by atoms with Crippen LogP contribution in [0.1, 0.15) is 16.3 Å². The standard InChI is InChI=1S/C15H12FNO3/c1-19-15(18)14-5-3-12(20-14)9-17-7-6-10-8-11(16)2-4-13(10)17/h2-8H,9H2,1H3. The van der Waals surface area contributed by atoms with E-state index in [1.54, 1.807) is 18.2 Å². The molecule has 102 valence electrons. The highest BCUT2D eigenvalue weighted by atomic mass is 19.1. The van der Waals surface area contributed by atoms with Gasteiger partial charge in [-0.15, -0.1) is 0 Å². The Morgan fingerprint density at radius 3 is 2.95 bits per heavy atom. The average Bonchev–Trinajstić information content (AvgIpc) is 3.06. The van der Waals surface area contributed by atoms with E-state index < -0.39 is 5.97 Å². The Balaban J connectivity index is 1.89. The third-order valence-electron chi connectivity index (χ3n) is 3.11.